The molecule has 2 aromatic rings. The smallest absolute Gasteiger partial charge is 0.242 e. The van der Waals surface area contributed by atoms with Crippen LogP contribution in [0.2, 0.25) is 0 Å². The maximum atomic E-state index is 12.5. The third-order valence-corrected chi connectivity index (χ3v) is 4.99. The lowest BCUT2D eigenvalue weighted by molar-refractivity contribution is 0.477. The van der Waals surface area contributed by atoms with Crippen LogP contribution in [0.15, 0.2) is 35.4 Å². The van der Waals surface area contributed by atoms with Gasteiger partial charge in [0.25, 0.3) is 0 Å². The Bertz CT molecular complexity index is 726. The van der Waals surface area contributed by atoms with E-state index in [0.29, 0.717) is 16.6 Å². The first kappa shape index (κ1) is 14.7. The summed E-state index contributed by atoms with van der Waals surface area (Å²) in [6.45, 7) is 5.77. The molecule has 0 radical (unpaired) electrons. The normalized spacial score (nSPS) is 13.8. The van der Waals surface area contributed by atoms with Gasteiger partial charge in [0, 0.05) is 23.3 Å². The average molecular weight is 293 g/mol. The summed E-state index contributed by atoms with van der Waals surface area (Å²) in [4.78, 5) is 4.32. The molecule has 0 bridgehead atoms. The van der Waals surface area contributed by atoms with E-state index in [1.807, 2.05) is 20.8 Å². The number of nitrogens with zero attached hydrogens (tertiary/aromatic N) is 1. The fourth-order valence-corrected chi connectivity index (χ4v) is 3.38. The fraction of sp³-hybridized carbons (Fsp3) is 0.357. The summed E-state index contributed by atoms with van der Waals surface area (Å²) in [5, 5.41) is 0.646. The second-order valence-corrected chi connectivity index (χ2v) is 6.89. The number of sulfonamides is 1. The molecule has 1 unspecified atom stereocenters. The van der Waals surface area contributed by atoms with Crippen LogP contribution in [0.1, 0.15) is 20.8 Å². The van der Waals surface area contributed by atoms with Crippen LogP contribution in [0.25, 0.3) is 10.9 Å². The summed E-state index contributed by atoms with van der Waals surface area (Å²) in [7, 11) is -3.62. The van der Waals surface area contributed by atoms with Gasteiger partial charge in [0.05, 0.1) is 5.52 Å². The van der Waals surface area contributed by atoms with Crippen molar-refractivity contribution in [2.24, 2.45) is 5.92 Å². The van der Waals surface area contributed by atoms with Crippen molar-refractivity contribution in [3.05, 3.63) is 30.5 Å². The maximum Gasteiger partial charge on any atom is 0.242 e. The number of hydrogen-bond donors (Lipinski definition) is 2. The van der Waals surface area contributed by atoms with Crippen molar-refractivity contribution in [1.82, 2.24) is 9.71 Å². The number of nitrogens with two attached hydrogens (primary N) is 1. The third kappa shape index (κ3) is 2.76. The van der Waals surface area contributed by atoms with Crippen LogP contribution in [-0.2, 0) is 10.0 Å². The van der Waals surface area contributed by atoms with Gasteiger partial charge in [-0.3, -0.25) is 4.98 Å². The van der Waals surface area contributed by atoms with Crippen LogP contribution < -0.4 is 10.5 Å². The van der Waals surface area contributed by atoms with Gasteiger partial charge in [0.15, 0.2) is 0 Å². The first-order valence-corrected chi connectivity index (χ1v) is 7.97. The van der Waals surface area contributed by atoms with Crippen LogP contribution in [0.5, 0.6) is 0 Å². The molecule has 0 amide bonds. The van der Waals surface area contributed by atoms with Crippen molar-refractivity contribution < 1.29 is 8.42 Å². The molecule has 1 aromatic carbocycles. The summed E-state index contributed by atoms with van der Waals surface area (Å²) >= 11 is 0. The quantitative estimate of drug-likeness (QED) is 0.846. The molecular weight excluding hydrogens is 274 g/mol. The molecule has 6 heteroatoms. The molecule has 0 saturated heterocycles. The molecule has 108 valence electrons. The summed E-state index contributed by atoms with van der Waals surface area (Å²) in [6.07, 6.45) is 1.56. The molecule has 5 nitrogen and oxygen atoms in total. The van der Waals surface area contributed by atoms with Crippen LogP contribution in [0.4, 0.5) is 5.69 Å². The standard InChI is InChI=1S/C14H19N3O2S/c1-9(2)10(3)17-20(18,19)13-7-6-12(15)11-5-4-8-16-14(11)13/h4-10,17H,15H2,1-3H3. The van der Waals surface area contributed by atoms with Crippen LogP contribution in [0.3, 0.4) is 0 Å². The minimum atomic E-state index is -3.62. The van der Waals surface area contributed by atoms with Crippen LogP contribution >= 0.6 is 0 Å². The second-order valence-electron chi connectivity index (χ2n) is 5.21. The molecule has 1 atom stereocenters. The van der Waals surface area contributed by atoms with Gasteiger partial charge >= 0.3 is 0 Å². The number of fused-ring (bicyclic) bond motifs is 1. The van der Waals surface area contributed by atoms with Gasteiger partial charge in [-0.15, -0.1) is 0 Å². The highest BCUT2D eigenvalue weighted by molar-refractivity contribution is 7.89. The van der Waals surface area contributed by atoms with Crippen molar-refractivity contribution in [1.29, 1.82) is 0 Å². The number of nitrogens with one attached hydrogen (secondary N) is 1. The molecule has 1 aromatic heterocycles. The number of aromatic nitrogens is 1. The Labute approximate surface area is 119 Å². The molecule has 3 N–H and O–H groups in total. The average Bonchev–Trinajstić information content (AvgIpc) is 2.38. The van der Waals surface area contributed by atoms with Gasteiger partial charge in [0.1, 0.15) is 4.90 Å². The number of rotatable bonds is 4. The summed E-state index contributed by atoms with van der Waals surface area (Å²) in [6, 6.07) is 6.44. The maximum absolute atomic E-state index is 12.5. The molecule has 0 aliphatic heterocycles. The highest BCUT2D eigenvalue weighted by atomic mass is 32.2. The predicted molar refractivity (Wildman–Crippen MR) is 80.8 cm³/mol. The van der Waals surface area contributed by atoms with Crippen molar-refractivity contribution in [2.75, 3.05) is 5.73 Å². The number of pyridine rings is 1. The van der Waals surface area contributed by atoms with E-state index in [4.69, 9.17) is 5.73 Å². The lowest BCUT2D eigenvalue weighted by Crippen LogP contribution is -2.36. The zero-order chi connectivity index (χ0) is 14.9. The van der Waals surface area contributed by atoms with Gasteiger partial charge in [0.2, 0.25) is 10.0 Å². The van der Waals surface area contributed by atoms with Crippen LogP contribution in [-0.4, -0.2) is 19.4 Å². The molecule has 0 aliphatic carbocycles. The summed E-state index contributed by atoms with van der Waals surface area (Å²) in [5.41, 5.74) is 6.78. The van der Waals surface area contributed by atoms with E-state index in [9.17, 15) is 8.42 Å². The Kier molecular flexibility index (Phi) is 3.96. The molecule has 0 saturated carbocycles. The van der Waals surface area contributed by atoms with Crippen molar-refractivity contribution >= 4 is 26.6 Å². The lowest BCUT2D eigenvalue weighted by Gasteiger charge is -2.18. The monoisotopic (exact) mass is 293 g/mol. The van der Waals surface area contributed by atoms with Gasteiger partial charge < -0.3 is 5.73 Å². The second kappa shape index (κ2) is 5.38. The first-order chi connectivity index (χ1) is 9.33. The molecule has 20 heavy (non-hydrogen) atoms. The van der Waals surface area contributed by atoms with E-state index in [0.717, 1.165) is 0 Å². The van der Waals surface area contributed by atoms with Gasteiger partial charge in [-0.1, -0.05) is 13.8 Å². The van der Waals surface area contributed by atoms with E-state index in [2.05, 4.69) is 9.71 Å². The van der Waals surface area contributed by atoms with E-state index < -0.39 is 10.0 Å². The third-order valence-electron chi connectivity index (χ3n) is 3.40. The van der Waals surface area contributed by atoms with Crippen LogP contribution in [0, 0.1) is 5.92 Å². The molecule has 0 fully saturated rings. The van der Waals surface area contributed by atoms with E-state index in [1.165, 1.54) is 6.07 Å². The molecule has 0 spiro atoms. The largest absolute Gasteiger partial charge is 0.398 e. The Morgan fingerprint density at radius 2 is 1.90 bits per heavy atom. The summed E-state index contributed by atoms with van der Waals surface area (Å²) < 4.78 is 27.6. The van der Waals surface area contributed by atoms with Crippen molar-refractivity contribution in [3.8, 4) is 0 Å². The van der Waals surface area contributed by atoms with E-state index in [1.54, 1.807) is 24.4 Å². The number of nitrogen functional groups attached to an aromatic ring is 1. The Balaban J connectivity index is 2.56. The molecule has 0 aliphatic rings. The van der Waals surface area contributed by atoms with E-state index in [-0.39, 0.29) is 16.9 Å². The van der Waals surface area contributed by atoms with Crippen molar-refractivity contribution in [2.45, 2.75) is 31.7 Å². The topological polar surface area (TPSA) is 85.1 Å². The lowest BCUT2D eigenvalue weighted by atomic mass is 10.1. The first-order valence-electron chi connectivity index (χ1n) is 6.48. The number of anilines is 1. The predicted octanol–water partition coefficient (Wildman–Crippen LogP) is 2.14. The molecular formula is C14H19N3O2S. The minimum absolute atomic E-state index is 0.156. The number of hydrogen-bond acceptors (Lipinski definition) is 4. The molecule has 1 heterocycles. The highest BCUT2D eigenvalue weighted by Gasteiger charge is 2.22. The van der Waals surface area contributed by atoms with Gasteiger partial charge in [-0.2, -0.15) is 0 Å². The van der Waals surface area contributed by atoms with Crippen molar-refractivity contribution in [3.63, 3.8) is 0 Å². The summed E-state index contributed by atoms with van der Waals surface area (Å²) in [5.74, 6) is 0.206. The zero-order valence-electron chi connectivity index (χ0n) is 11.8. The van der Waals surface area contributed by atoms with E-state index >= 15 is 0 Å². The zero-order valence-corrected chi connectivity index (χ0v) is 12.6. The SMILES string of the molecule is CC(C)C(C)NS(=O)(=O)c1ccc(N)c2cccnc12. The Hall–Kier alpha value is -1.66. The number of benzene rings is 1. The molecule has 2 rings (SSSR count). The highest BCUT2D eigenvalue weighted by Crippen LogP contribution is 2.26. The Morgan fingerprint density at radius 3 is 2.55 bits per heavy atom. The van der Waals surface area contributed by atoms with Gasteiger partial charge in [-0.25, -0.2) is 13.1 Å². The Morgan fingerprint density at radius 1 is 1.20 bits per heavy atom. The minimum Gasteiger partial charge on any atom is -0.398 e. The fourth-order valence-electron chi connectivity index (χ4n) is 1.83. The van der Waals surface area contributed by atoms with Gasteiger partial charge in [-0.05, 0) is 37.1 Å².